The van der Waals surface area contributed by atoms with Crippen molar-refractivity contribution in [3.8, 4) is 5.75 Å². The Morgan fingerprint density at radius 2 is 2.11 bits per heavy atom. The van der Waals surface area contributed by atoms with Crippen LogP contribution in [0.25, 0.3) is 11.6 Å². The molecule has 5 atom stereocenters. The zero-order chi connectivity index (χ0) is 20.1. The van der Waals surface area contributed by atoms with E-state index in [1.807, 2.05) is 12.9 Å². The zero-order valence-corrected chi connectivity index (χ0v) is 17.5. The predicted molar refractivity (Wildman–Crippen MR) is 114 cm³/mol. The average Bonchev–Trinajstić information content (AvgIpc) is 3.07. The quantitative estimate of drug-likeness (QED) is 0.750. The number of aliphatic hydroxyl groups is 1. The highest BCUT2D eigenvalue weighted by Crippen LogP contribution is 2.50. The van der Waals surface area contributed by atoms with Crippen LogP contribution in [0.5, 0.6) is 5.75 Å². The molecule has 4 nitrogen and oxygen atoms in total. The van der Waals surface area contributed by atoms with Gasteiger partial charge in [0.05, 0.1) is 17.5 Å². The first-order chi connectivity index (χ1) is 13.3. The molecule has 5 heteroatoms. The fraction of sp³-hybridized carbons (Fsp3) is 0.609. The lowest BCUT2D eigenvalue weighted by Crippen LogP contribution is -2.39. The van der Waals surface area contributed by atoms with E-state index in [0.29, 0.717) is 23.5 Å². The number of rotatable bonds is 2. The second-order valence-electron chi connectivity index (χ2n) is 9.51. The molecule has 28 heavy (non-hydrogen) atoms. The second-order valence-corrected chi connectivity index (χ2v) is 9.51. The maximum Gasteiger partial charge on any atom is 0.552 e. The Kier molecular flexibility index (Phi) is 5.17. The summed E-state index contributed by atoms with van der Waals surface area (Å²) in [5.41, 5.74) is 3.86. The molecule has 0 bridgehead atoms. The van der Waals surface area contributed by atoms with E-state index in [1.165, 1.54) is 5.57 Å². The van der Waals surface area contributed by atoms with Gasteiger partial charge in [0.15, 0.2) is 0 Å². The lowest BCUT2D eigenvalue weighted by Gasteiger charge is -2.43. The van der Waals surface area contributed by atoms with Gasteiger partial charge in [0.1, 0.15) is 5.75 Å². The molecule has 0 aromatic carbocycles. The molecule has 0 radical (unpaired) electrons. The van der Waals surface area contributed by atoms with Gasteiger partial charge < -0.3 is 14.8 Å². The summed E-state index contributed by atoms with van der Waals surface area (Å²) in [7, 11) is -0.944. The first kappa shape index (κ1) is 19.7. The van der Waals surface area contributed by atoms with Gasteiger partial charge in [-0.15, -0.1) is 0 Å². The summed E-state index contributed by atoms with van der Waals surface area (Å²) in [4.78, 5) is 4.55. The highest BCUT2D eigenvalue weighted by atomic mass is 16.5. The Balaban J connectivity index is 1.83. The van der Waals surface area contributed by atoms with Crippen molar-refractivity contribution in [3.63, 3.8) is 0 Å². The number of nitrogens with zero attached hydrogens (tertiary/aromatic N) is 1. The minimum Gasteiger partial charge on any atom is -0.531 e. The molecule has 2 heterocycles. The normalized spacial score (nSPS) is 34.8. The fourth-order valence-corrected chi connectivity index (χ4v) is 6.06. The molecule has 1 saturated carbocycles. The third-order valence-electron chi connectivity index (χ3n) is 6.89. The van der Waals surface area contributed by atoms with Crippen molar-refractivity contribution in [3.05, 3.63) is 35.1 Å². The van der Waals surface area contributed by atoms with Gasteiger partial charge in [-0.1, -0.05) is 39.3 Å². The number of pyridine rings is 1. The molecular formula is C23H32BNO3. The van der Waals surface area contributed by atoms with Crippen LogP contribution in [-0.4, -0.2) is 27.8 Å². The first-order valence-corrected chi connectivity index (χ1v) is 10.8. The smallest absolute Gasteiger partial charge is 0.531 e. The van der Waals surface area contributed by atoms with E-state index >= 15 is 0 Å². The lowest BCUT2D eigenvalue weighted by molar-refractivity contribution is -0.0127. The molecule has 1 fully saturated rings. The van der Waals surface area contributed by atoms with Gasteiger partial charge in [0.25, 0.3) is 0 Å². The predicted octanol–water partition coefficient (Wildman–Crippen LogP) is 4.30. The van der Waals surface area contributed by atoms with Gasteiger partial charge in [0, 0.05) is 17.5 Å². The van der Waals surface area contributed by atoms with Crippen molar-refractivity contribution >= 4 is 18.8 Å². The van der Waals surface area contributed by atoms with Crippen LogP contribution in [0.15, 0.2) is 18.2 Å². The van der Waals surface area contributed by atoms with Gasteiger partial charge in [-0.3, -0.25) is 4.98 Å². The molecule has 1 aliphatic heterocycles. The number of fused-ring (bicyclic) bond motifs is 3. The third-order valence-corrected chi connectivity index (χ3v) is 6.89. The number of allylic oxidation sites excluding steroid dienone is 2. The summed E-state index contributed by atoms with van der Waals surface area (Å²) in [6.07, 6.45) is 10.6. The van der Waals surface area contributed by atoms with Crippen LogP contribution in [-0.2, 0) is 6.42 Å². The maximum absolute atomic E-state index is 11.0. The van der Waals surface area contributed by atoms with Gasteiger partial charge >= 0.3 is 7.12 Å². The van der Waals surface area contributed by atoms with Crippen LogP contribution in [0.3, 0.4) is 0 Å². The molecule has 150 valence electrons. The summed E-state index contributed by atoms with van der Waals surface area (Å²) in [5.74, 6) is 4.15. The first-order valence-electron chi connectivity index (χ1n) is 10.8. The molecule has 1 aromatic rings. The summed E-state index contributed by atoms with van der Waals surface area (Å²) in [5, 5.41) is 21.5. The van der Waals surface area contributed by atoms with E-state index in [1.54, 1.807) is 6.20 Å². The SMILES string of the molecule is CC[C@@H]1C[C@](C)(O)C[C@H](C)C[C@@H](C)[C@@H]1C1=CB(O)Oc2cnc3c(c21)C=CC3. The number of hydrogen-bond acceptors (Lipinski definition) is 4. The topological polar surface area (TPSA) is 62.6 Å². The fourth-order valence-electron chi connectivity index (χ4n) is 6.06. The van der Waals surface area contributed by atoms with E-state index in [9.17, 15) is 10.1 Å². The van der Waals surface area contributed by atoms with Crippen molar-refractivity contribution in [2.45, 2.75) is 65.4 Å². The van der Waals surface area contributed by atoms with E-state index in [0.717, 1.165) is 48.9 Å². The minimum atomic E-state index is -0.944. The highest BCUT2D eigenvalue weighted by molar-refractivity contribution is 6.52. The van der Waals surface area contributed by atoms with Crippen LogP contribution < -0.4 is 4.65 Å². The van der Waals surface area contributed by atoms with E-state index in [4.69, 9.17) is 4.65 Å². The Morgan fingerprint density at radius 1 is 1.32 bits per heavy atom. The third kappa shape index (κ3) is 3.55. The van der Waals surface area contributed by atoms with Gasteiger partial charge in [-0.2, -0.15) is 0 Å². The largest absolute Gasteiger partial charge is 0.552 e. The summed E-state index contributed by atoms with van der Waals surface area (Å²) in [6, 6.07) is 0. The van der Waals surface area contributed by atoms with Gasteiger partial charge in [-0.05, 0) is 61.4 Å². The Labute approximate surface area is 168 Å². The Morgan fingerprint density at radius 3 is 2.86 bits per heavy atom. The molecule has 1 aromatic heterocycles. The van der Waals surface area contributed by atoms with Crippen molar-refractivity contribution in [2.75, 3.05) is 0 Å². The molecule has 0 unspecified atom stereocenters. The molecule has 4 rings (SSSR count). The van der Waals surface area contributed by atoms with Crippen LogP contribution in [0.1, 0.15) is 70.2 Å². The molecule has 0 saturated heterocycles. The van der Waals surface area contributed by atoms with E-state index in [2.05, 4.69) is 37.9 Å². The van der Waals surface area contributed by atoms with Crippen molar-refractivity contribution < 1.29 is 14.8 Å². The average molecular weight is 381 g/mol. The van der Waals surface area contributed by atoms with Crippen LogP contribution in [0, 0.1) is 23.7 Å². The monoisotopic (exact) mass is 381 g/mol. The van der Waals surface area contributed by atoms with Crippen molar-refractivity contribution in [1.82, 2.24) is 4.98 Å². The van der Waals surface area contributed by atoms with Crippen molar-refractivity contribution in [1.29, 1.82) is 0 Å². The summed E-state index contributed by atoms with van der Waals surface area (Å²) >= 11 is 0. The molecule has 2 aliphatic carbocycles. The maximum atomic E-state index is 11.0. The second kappa shape index (κ2) is 7.35. The zero-order valence-electron chi connectivity index (χ0n) is 17.5. The molecule has 0 spiro atoms. The van der Waals surface area contributed by atoms with Crippen LogP contribution in [0.2, 0.25) is 0 Å². The van der Waals surface area contributed by atoms with E-state index < -0.39 is 12.7 Å². The summed E-state index contributed by atoms with van der Waals surface area (Å²) in [6.45, 7) is 8.80. The lowest BCUT2D eigenvalue weighted by atomic mass is 9.62. The summed E-state index contributed by atoms with van der Waals surface area (Å²) < 4.78 is 5.73. The van der Waals surface area contributed by atoms with E-state index in [-0.39, 0.29) is 5.92 Å². The van der Waals surface area contributed by atoms with Crippen molar-refractivity contribution in [2.24, 2.45) is 23.7 Å². The van der Waals surface area contributed by atoms with Gasteiger partial charge in [0.2, 0.25) is 0 Å². The standard InChI is InChI=1S/C23H32BNO3/c1-5-16-11-23(4,26)10-14(2)9-15(3)21(16)18-12-24(27)28-20-13-25-19-8-6-7-17(19)22(18)20/h6-7,12-16,21,26-27H,5,8-11H2,1-4H3/t14-,15-,16-,21+,23-/m1/s1. The Bertz CT molecular complexity index is 816. The highest BCUT2D eigenvalue weighted by Gasteiger charge is 2.41. The number of hydrogen-bond donors (Lipinski definition) is 2. The number of aromatic nitrogens is 1. The molecule has 3 aliphatic rings. The molecule has 0 amide bonds. The van der Waals surface area contributed by atoms with Crippen LogP contribution in [0.4, 0.5) is 0 Å². The minimum absolute atomic E-state index is 0.275. The van der Waals surface area contributed by atoms with Crippen LogP contribution >= 0.6 is 0 Å². The Hall–Kier alpha value is -1.59. The molecular weight excluding hydrogens is 349 g/mol. The van der Waals surface area contributed by atoms with Gasteiger partial charge in [-0.25, -0.2) is 0 Å². The molecule has 2 N–H and O–H groups in total.